The van der Waals surface area contributed by atoms with E-state index in [2.05, 4.69) is 0 Å². The molecule has 0 aromatic heterocycles. The summed E-state index contributed by atoms with van der Waals surface area (Å²) in [6, 6.07) is 0. The van der Waals surface area contributed by atoms with Gasteiger partial charge in [-0.2, -0.15) is 8.78 Å². The summed E-state index contributed by atoms with van der Waals surface area (Å²) in [5.41, 5.74) is 0. The lowest BCUT2D eigenvalue weighted by molar-refractivity contribution is 0.165. The third kappa shape index (κ3) is 4.68. The van der Waals surface area contributed by atoms with Crippen LogP contribution in [0.2, 0.25) is 0 Å². The van der Waals surface area contributed by atoms with E-state index in [0.29, 0.717) is 11.8 Å². The van der Waals surface area contributed by atoms with Crippen LogP contribution in [0.3, 0.4) is 0 Å². The lowest BCUT2D eigenvalue weighted by atomic mass is 9.69. The van der Waals surface area contributed by atoms with Gasteiger partial charge in [-0.15, -0.1) is 0 Å². The van der Waals surface area contributed by atoms with Gasteiger partial charge in [0, 0.05) is 0 Å². The molecule has 0 aromatic carbocycles. The highest BCUT2D eigenvalue weighted by Gasteiger charge is 2.30. The van der Waals surface area contributed by atoms with Crippen LogP contribution < -0.4 is 0 Å². The number of hydrogen-bond acceptors (Lipinski definition) is 0. The van der Waals surface area contributed by atoms with Crippen LogP contribution in [0.15, 0.2) is 24.1 Å². The van der Waals surface area contributed by atoms with Crippen LogP contribution in [-0.2, 0) is 0 Å². The lowest BCUT2D eigenvalue weighted by Gasteiger charge is -2.36. The summed E-state index contributed by atoms with van der Waals surface area (Å²) in [6.45, 7) is 1.52. The summed E-state index contributed by atoms with van der Waals surface area (Å²) in [4.78, 5) is 0. The third-order valence-corrected chi connectivity index (χ3v) is 5.13. The SMILES string of the molecule is C/C(F)=C/C1CCC(C2CCC(C=C(F)F)CC2)CC1. The topological polar surface area (TPSA) is 0 Å². The molecule has 0 bridgehead atoms. The van der Waals surface area contributed by atoms with Crippen LogP contribution in [-0.4, -0.2) is 0 Å². The van der Waals surface area contributed by atoms with Crippen molar-refractivity contribution in [3.63, 3.8) is 0 Å². The Morgan fingerprint density at radius 1 is 0.700 bits per heavy atom. The van der Waals surface area contributed by atoms with Gasteiger partial charge in [0.15, 0.2) is 0 Å². The van der Waals surface area contributed by atoms with Crippen molar-refractivity contribution >= 4 is 0 Å². The zero-order chi connectivity index (χ0) is 14.5. The van der Waals surface area contributed by atoms with E-state index in [4.69, 9.17) is 0 Å². The van der Waals surface area contributed by atoms with Crippen molar-refractivity contribution < 1.29 is 13.2 Å². The molecule has 2 rings (SSSR count). The molecule has 0 N–H and O–H groups in total. The van der Waals surface area contributed by atoms with Crippen molar-refractivity contribution in [3.8, 4) is 0 Å². The average molecular weight is 286 g/mol. The number of halogens is 3. The Labute approximate surface area is 120 Å². The minimum atomic E-state index is -1.53. The van der Waals surface area contributed by atoms with Gasteiger partial charge in [-0.25, -0.2) is 4.39 Å². The maximum atomic E-state index is 12.9. The van der Waals surface area contributed by atoms with E-state index in [9.17, 15) is 13.2 Å². The average Bonchev–Trinajstić information content (AvgIpc) is 2.39. The smallest absolute Gasteiger partial charge is 0.212 e. The fourth-order valence-electron chi connectivity index (χ4n) is 4.07. The van der Waals surface area contributed by atoms with E-state index in [1.807, 2.05) is 0 Å². The van der Waals surface area contributed by atoms with Crippen molar-refractivity contribution in [2.75, 3.05) is 0 Å². The molecular weight excluding hydrogens is 261 g/mol. The van der Waals surface area contributed by atoms with Crippen LogP contribution in [0.4, 0.5) is 13.2 Å². The van der Waals surface area contributed by atoms with Gasteiger partial charge in [0.25, 0.3) is 6.08 Å². The van der Waals surface area contributed by atoms with Crippen LogP contribution in [0.1, 0.15) is 58.3 Å². The molecule has 114 valence electrons. The van der Waals surface area contributed by atoms with Crippen LogP contribution in [0.5, 0.6) is 0 Å². The second kappa shape index (κ2) is 7.33. The Kier molecular flexibility index (Phi) is 5.74. The molecule has 0 radical (unpaired) electrons. The first kappa shape index (κ1) is 15.7. The van der Waals surface area contributed by atoms with Crippen molar-refractivity contribution in [2.45, 2.75) is 58.3 Å². The van der Waals surface area contributed by atoms with E-state index >= 15 is 0 Å². The van der Waals surface area contributed by atoms with Crippen LogP contribution in [0, 0.1) is 23.7 Å². The van der Waals surface area contributed by atoms with Gasteiger partial charge < -0.3 is 0 Å². The van der Waals surface area contributed by atoms with Crippen molar-refractivity contribution in [2.24, 2.45) is 23.7 Å². The van der Waals surface area contributed by atoms with E-state index in [-0.39, 0.29) is 11.7 Å². The molecule has 0 atom stereocenters. The van der Waals surface area contributed by atoms with E-state index in [1.165, 1.54) is 19.8 Å². The molecule has 2 aliphatic rings. The largest absolute Gasteiger partial charge is 0.266 e. The zero-order valence-corrected chi connectivity index (χ0v) is 12.3. The van der Waals surface area contributed by atoms with Gasteiger partial charge in [-0.1, -0.05) is 6.08 Å². The Morgan fingerprint density at radius 3 is 1.45 bits per heavy atom. The van der Waals surface area contributed by atoms with Crippen LogP contribution in [0.25, 0.3) is 0 Å². The Hall–Kier alpha value is -0.730. The first-order valence-electron chi connectivity index (χ1n) is 7.91. The van der Waals surface area contributed by atoms with Crippen molar-refractivity contribution in [1.29, 1.82) is 0 Å². The predicted molar refractivity (Wildman–Crippen MR) is 76.1 cm³/mol. The standard InChI is InChI=1S/C17H25F3/c1-12(18)10-13-2-6-15(7-3-13)16-8-4-14(5-9-16)11-17(19)20/h10-11,13-16H,2-9H2,1H3/b12-10-. The van der Waals surface area contributed by atoms with Crippen molar-refractivity contribution in [3.05, 3.63) is 24.1 Å². The second-order valence-electron chi connectivity index (χ2n) is 6.56. The molecule has 2 saturated carbocycles. The maximum absolute atomic E-state index is 12.9. The highest BCUT2D eigenvalue weighted by molar-refractivity contribution is 4.96. The molecule has 3 heteroatoms. The van der Waals surface area contributed by atoms with Crippen molar-refractivity contribution in [1.82, 2.24) is 0 Å². The van der Waals surface area contributed by atoms with Gasteiger partial charge in [-0.3, -0.25) is 0 Å². The third-order valence-electron chi connectivity index (χ3n) is 5.13. The summed E-state index contributed by atoms with van der Waals surface area (Å²) in [7, 11) is 0. The molecule has 2 fully saturated rings. The predicted octanol–water partition coefficient (Wildman–Crippen LogP) is 6.25. The van der Waals surface area contributed by atoms with Gasteiger partial charge in [0.1, 0.15) is 0 Å². The fraction of sp³-hybridized carbons (Fsp3) is 0.765. The van der Waals surface area contributed by atoms with E-state index in [1.54, 1.807) is 6.08 Å². The minimum Gasteiger partial charge on any atom is -0.212 e. The molecular formula is C17H25F3. The quantitative estimate of drug-likeness (QED) is 0.575. The highest BCUT2D eigenvalue weighted by atomic mass is 19.3. The van der Waals surface area contributed by atoms with E-state index < -0.39 is 6.08 Å². The monoisotopic (exact) mass is 286 g/mol. The van der Waals surface area contributed by atoms with E-state index in [0.717, 1.165) is 50.5 Å². The summed E-state index contributed by atoms with van der Waals surface area (Å²) in [5, 5.41) is 0. The first-order chi connectivity index (χ1) is 9.54. The first-order valence-corrected chi connectivity index (χ1v) is 7.91. The molecule has 20 heavy (non-hydrogen) atoms. The molecule has 0 amide bonds. The Bertz CT molecular complexity index is 312. The Morgan fingerprint density at radius 2 is 1.10 bits per heavy atom. The molecule has 0 heterocycles. The summed E-state index contributed by atoms with van der Waals surface area (Å²) in [5.74, 6) is 1.88. The molecule has 0 nitrogen and oxygen atoms in total. The Balaban J connectivity index is 1.76. The zero-order valence-electron chi connectivity index (χ0n) is 12.3. The van der Waals surface area contributed by atoms with Crippen LogP contribution >= 0.6 is 0 Å². The fourth-order valence-corrected chi connectivity index (χ4v) is 4.07. The molecule has 0 unspecified atom stereocenters. The van der Waals surface area contributed by atoms with Gasteiger partial charge in [0.2, 0.25) is 0 Å². The molecule has 0 spiro atoms. The van der Waals surface area contributed by atoms with Gasteiger partial charge in [0.05, 0.1) is 5.83 Å². The second-order valence-corrected chi connectivity index (χ2v) is 6.56. The molecule has 2 aliphatic carbocycles. The summed E-state index contributed by atoms with van der Waals surface area (Å²) < 4.78 is 37.4. The molecule has 0 aliphatic heterocycles. The lowest BCUT2D eigenvalue weighted by Crippen LogP contribution is -2.25. The number of allylic oxidation sites excluding steroid dienone is 3. The molecule has 0 saturated heterocycles. The summed E-state index contributed by atoms with van der Waals surface area (Å²) in [6.07, 6.45) is 9.90. The number of hydrogen-bond donors (Lipinski definition) is 0. The van der Waals surface area contributed by atoms with Gasteiger partial charge in [-0.05, 0) is 88.0 Å². The number of rotatable bonds is 3. The maximum Gasteiger partial charge on any atom is 0.266 e. The normalized spacial score (nSPS) is 35.7. The van der Waals surface area contributed by atoms with Gasteiger partial charge >= 0.3 is 0 Å². The minimum absolute atomic E-state index is 0.0611. The summed E-state index contributed by atoms with van der Waals surface area (Å²) >= 11 is 0. The molecule has 0 aromatic rings. The highest BCUT2D eigenvalue weighted by Crippen LogP contribution is 2.42.